The highest BCUT2D eigenvalue weighted by Gasteiger charge is 2.39. The van der Waals surface area contributed by atoms with Crippen molar-refractivity contribution in [3.05, 3.63) is 94.0 Å². The molecular weight excluding hydrogens is 466 g/mol. The summed E-state index contributed by atoms with van der Waals surface area (Å²) in [5, 5.41) is 3.54. The third-order valence-corrected chi connectivity index (χ3v) is 9.01. The van der Waals surface area contributed by atoms with Gasteiger partial charge in [-0.05, 0) is 100 Å². The second kappa shape index (κ2) is 11.5. The first-order valence-electron chi connectivity index (χ1n) is 14.4. The highest BCUT2D eigenvalue weighted by Crippen LogP contribution is 2.44. The molecule has 1 unspecified atom stereocenters. The van der Waals surface area contributed by atoms with E-state index in [0.717, 1.165) is 68.5 Å². The molecule has 0 spiro atoms. The average molecular weight is 512 g/mol. The predicted octanol–water partition coefficient (Wildman–Crippen LogP) is 6.41. The first-order chi connectivity index (χ1) is 18.3. The molecule has 2 aliphatic heterocycles. The minimum Gasteiger partial charge on any atom is -0.485 e. The number of fused-ring (bicyclic) bond motifs is 1. The SMILES string of the molecule is Cc1c(C)c2c(c(C)c1N)CC(C)(CN(CCC(c1ccccc1)c1ccccc1)CC1CCNCC1)O2. The summed E-state index contributed by atoms with van der Waals surface area (Å²) >= 11 is 0. The van der Waals surface area contributed by atoms with Gasteiger partial charge in [0.15, 0.2) is 0 Å². The third-order valence-electron chi connectivity index (χ3n) is 9.01. The highest BCUT2D eigenvalue weighted by atomic mass is 16.5. The molecule has 1 fully saturated rings. The molecule has 0 aromatic heterocycles. The van der Waals surface area contributed by atoms with Crippen LogP contribution in [-0.2, 0) is 6.42 Å². The number of benzene rings is 3. The van der Waals surface area contributed by atoms with Gasteiger partial charge in [0, 0.05) is 36.7 Å². The third kappa shape index (κ3) is 5.77. The largest absolute Gasteiger partial charge is 0.485 e. The van der Waals surface area contributed by atoms with Gasteiger partial charge < -0.3 is 15.8 Å². The van der Waals surface area contributed by atoms with E-state index in [2.05, 4.69) is 98.6 Å². The zero-order chi connectivity index (χ0) is 26.7. The number of ether oxygens (including phenoxy) is 1. The Balaban J connectivity index is 1.38. The van der Waals surface area contributed by atoms with Crippen LogP contribution in [0.2, 0.25) is 0 Å². The van der Waals surface area contributed by atoms with E-state index in [-0.39, 0.29) is 5.60 Å². The lowest BCUT2D eigenvalue weighted by Gasteiger charge is -2.36. The molecule has 4 nitrogen and oxygen atoms in total. The Kier molecular flexibility index (Phi) is 8.11. The lowest BCUT2D eigenvalue weighted by Crippen LogP contribution is -2.47. The van der Waals surface area contributed by atoms with Crippen LogP contribution in [0.25, 0.3) is 0 Å². The van der Waals surface area contributed by atoms with Crippen molar-refractivity contribution in [3.8, 4) is 5.75 Å². The summed E-state index contributed by atoms with van der Waals surface area (Å²) in [6, 6.07) is 22.0. The van der Waals surface area contributed by atoms with E-state index in [9.17, 15) is 0 Å². The van der Waals surface area contributed by atoms with E-state index in [1.807, 2.05) is 0 Å². The molecule has 1 saturated heterocycles. The Hall–Kier alpha value is -2.82. The number of piperidine rings is 1. The Morgan fingerprint density at radius 2 is 1.53 bits per heavy atom. The number of nitrogen functional groups attached to an aromatic ring is 1. The molecule has 3 aromatic carbocycles. The van der Waals surface area contributed by atoms with Crippen LogP contribution in [0.15, 0.2) is 60.7 Å². The van der Waals surface area contributed by atoms with Crippen LogP contribution in [-0.4, -0.2) is 43.2 Å². The lowest BCUT2D eigenvalue weighted by atomic mass is 9.87. The monoisotopic (exact) mass is 511 g/mol. The van der Waals surface area contributed by atoms with Crippen molar-refractivity contribution in [2.24, 2.45) is 5.92 Å². The fraction of sp³-hybridized carbons (Fsp3) is 0.471. The van der Waals surface area contributed by atoms with Gasteiger partial charge in [0.25, 0.3) is 0 Å². The van der Waals surface area contributed by atoms with E-state index in [1.54, 1.807) is 0 Å². The van der Waals surface area contributed by atoms with Crippen LogP contribution in [0.5, 0.6) is 5.75 Å². The van der Waals surface area contributed by atoms with E-state index in [0.29, 0.717) is 5.92 Å². The first kappa shape index (κ1) is 26.8. The Labute approximate surface area is 229 Å². The molecule has 0 aliphatic carbocycles. The van der Waals surface area contributed by atoms with Crippen molar-refractivity contribution in [2.45, 2.75) is 64.9 Å². The van der Waals surface area contributed by atoms with Gasteiger partial charge in [-0.15, -0.1) is 0 Å². The second-order valence-electron chi connectivity index (χ2n) is 11.9. The normalized spacial score (nSPS) is 19.6. The summed E-state index contributed by atoms with van der Waals surface area (Å²) in [4.78, 5) is 2.71. The first-order valence-corrected chi connectivity index (χ1v) is 14.4. The van der Waals surface area contributed by atoms with Crippen LogP contribution in [0, 0.1) is 26.7 Å². The maximum absolute atomic E-state index is 6.83. The molecule has 4 heteroatoms. The molecule has 0 saturated carbocycles. The fourth-order valence-electron chi connectivity index (χ4n) is 6.65. The quantitative estimate of drug-likeness (QED) is 0.326. The molecule has 2 heterocycles. The zero-order valence-corrected chi connectivity index (χ0v) is 23.7. The van der Waals surface area contributed by atoms with E-state index in [4.69, 9.17) is 10.5 Å². The molecule has 0 bridgehead atoms. The summed E-state index contributed by atoms with van der Waals surface area (Å²) in [5.41, 5.74) is 14.8. The zero-order valence-electron chi connectivity index (χ0n) is 23.7. The van der Waals surface area contributed by atoms with Crippen molar-refractivity contribution >= 4 is 5.69 Å². The molecule has 1 atom stereocenters. The van der Waals surface area contributed by atoms with Crippen LogP contribution >= 0.6 is 0 Å². The molecular formula is C34H45N3O. The number of nitrogens with one attached hydrogen (secondary N) is 1. The van der Waals surface area contributed by atoms with Gasteiger partial charge in [-0.2, -0.15) is 0 Å². The van der Waals surface area contributed by atoms with Crippen LogP contribution < -0.4 is 15.8 Å². The number of nitrogens with two attached hydrogens (primary N) is 1. The lowest BCUT2D eigenvalue weighted by molar-refractivity contribution is 0.0525. The standard InChI is InChI=1S/C34H45N3O/c1-24-25(2)33-31(26(3)32(24)35)21-34(4,38-33)23-37(22-27-15-18-36-19-16-27)20-17-30(28-11-7-5-8-12-28)29-13-9-6-10-14-29/h5-14,27,30,36H,15-23,35H2,1-4H3. The molecule has 202 valence electrons. The summed E-state index contributed by atoms with van der Waals surface area (Å²) in [5.74, 6) is 2.19. The van der Waals surface area contributed by atoms with Crippen molar-refractivity contribution in [1.29, 1.82) is 0 Å². The molecule has 3 N–H and O–H groups in total. The Morgan fingerprint density at radius 3 is 2.13 bits per heavy atom. The summed E-state index contributed by atoms with van der Waals surface area (Å²) in [6.45, 7) is 14.1. The number of hydrogen-bond donors (Lipinski definition) is 2. The van der Waals surface area contributed by atoms with Gasteiger partial charge in [-0.1, -0.05) is 60.7 Å². The van der Waals surface area contributed by atoms with Crippen molar-refractivity contribution in [3.63, 3.8) is 0 Å². The maximum atomic E-state index is 6.83. The minimum absolute atomic E-state index is 0.250. The maximum Gasteiger partial charge on any atom is 0.127 e. The molecule has 0 radical (unpaired) electrons. The number of hydrogen-bond acceptors (Lipinski definition) is 4. The van der Waals surface area contributed by atoms with Gasteiger partial charge in [0.05, 0.1) is 0 Å². The highest BCUT2D eigenvalue weighted by molar-refractivity contribution is 5.66. The van der Waals surface area contributed by atoms with Gasteiger partial charge in [-0.25, -0.2) is 0 Å². The molecule has 0 amide bonds. The number of rotatable bonds is 9. The second-order valence-corrected chi connectivity index (χ2v) is 11.9. The van der Waals surface area contributed by atoms with Gasteiger partial charge >= 0.3 is 0 Å². The molecule has 38 heavy (non-hydrogen) atoms. The van der Waals surface area contributed by atoms with Crippen molar-refractivity contribution in [2.75, 3.05) is 38.5 Å². The van der Waals surface area contributed by atoms with Gasteiger partial charge in [-0.3, -0.25) is 4.90 Å². The summed E-state index contributed by atoms with van der Waals surface area (Å²) < 4.78 is 6.83. The smallest absolute Gasteiger partial charge is 0.127 e. The van der Waals surface area contributed by atoms with E-state index in [1.165, 1.54) is 40.7 Å². The number of anilines is 1. The summed E-state index contributed by atoms with van der Waals surface area (Å²) in [6.07, 6.45) is 4.52. The van der Waals surface area contributed by atoms with Crippen LogP contribution in [0.1, 0.15) is 65.5 Å². The Bertz CT molecular complexity index is 1140. The van der Waals surface area contributed by atoms with Crippen molar-refractivity contribution < 1.29 is 4.74 Å². The van der Waals surface area contributed by atoms with E-state index >= 15 is 0 Å². The number of nitrogens with zero attached hydrogens (tertiary/aromatic N) is 1. The van der Waals surface area contributed by atoms with Crippen LogP contribution in [0.3, 0.4) is 0 Å². The average Bonchev–Trinajstić information content (AvgIpc) is 3.30. The molecule has 3 aromatic rings. The van der Waals surface area contributed by atoms with Crippen molar-refractivity contribution in [1.82, 2.24) is 10.2 Å². The fourth-order valence-corrected chi connectivity index (χ4v) is 6.65. The minimum atomic E-state index is -0.250. The Morgan fingerprint density at radius 1 is 0.921 bits per heavy atom. The van der Waals surface area contributed by atoms with Gasteiger partial charge in [0.1, 0.15) is 11.4 Å². The van der Waals surface area contributed by atoms with Crippen LogP contribution in [0.4, 0.5) is 5.69 Å². The predicted molar refractivity (Wildman–Crippen MR) is 159 cm³/mol. The summed E-state index contributed by atoms with van der Waals surface area (Å²) in [7, 11) is 0. The molecule has 5 rings (SSSR count). The van der Waals surface area contributed by atoms with Gasteiger partial charge in [0.2, 0.25) is 0 Å². The van der Waals surface area contributed by atoms with E-state index < -0.39 is 0 Å². The molecule has 2 aliphatic rings. The topological polar surface area (TPSA) is 50.5 Å².